The molecule has 0 bridgehead atoms. The summed E-state index contributed by atoms with van der Waals surface area (Å²) in [5.74, 6) is -0.928. The molecule has 0 rings (SSSR count). The van der Waals surface area contributed by atoms with Crippen LogP contribution in [0.2, 0.25) is 0 Å². The maximum Gasteiger partial charge on any atom is 0.328 e. The number of nitrogens with zero attached hydrogens (tertiary/aromatic N) is 1. The molecule has 0 aromatic heterocycles. The molecule has 0 aliphatic rings. The van der Waals surface area contributed by atoms with E-state index in [-0.39, 0.29) is 30.8 Å². The van der Waals surface area contributed by atoms with Crippen molar-refractivity contribution >= 4 is 17.8 Å². The Hall–Kier alpha value is -2.41. The second kappa shape index (κ2) is 50.0. The normalized spacial score (nSPS) is 12.8. The van der Waals surface area contributed by atoms with E-state index in [0.717, 1.165) is 64.3 Å². The summed E-state index contributed by atoms with van der Waals surface area (Å²) in [5, 5.41) is 2.90. The van der Waals surface area contributed by atoms with E-state index in [1.54, 1.807) is 0 Å². The number of nitrogens with one attached hydrogen (secondary N) is 1. The molecule has 64 heavy (non-hydrogen) atoms. The van der Waals surface area contributed by atoms with Crippen molar-refractivity contribution in [1.82, 2.24) is 10.2 Å². The average Bonchev–Trinajstić information content (AvgIpc) is 3.27. The van der Waals surface area contributed by atoms with Gasteiger partial charge in [0.15, 0.2) is 0 Å². The van der Waals surface area contributed by atoms with Crippen LogP contribution in [-0.4, -0.2) is 62.1 Å². The fraction of sp³-hybridized carbons (Fsp3) is 0.842. The first-order chi connectivity index (χ1) is 31.3. The molecule has 374 valence electrons. The summed E-state index contributed by atoms with van der Waals surface area (Å²) in [6.07, 6.45) is 57.4. The zero-order valence-corrected chi connectivity index (χ0v) is 43.1. The molecule has 1 amide bonds. The molecule has 0 heterocycles. The average molecular weight is 899 g/mol. The highest BCUT2D eigenvalue weighted by Gasteiger charge is 2.24. The Morgan fingerprint density at radius 2 is 0.859 bits per heavy atom. The summed E-state index contributed by atoms with van der Waals surface area (Å²) in [7, 11) is 3.96. The van der Waals surface area contributed by atoms with Gasteiger partial charge in [0.1, 0.15) is 12.1 Å². The molecule has 0 aliphatic heterocycles. The molecule has 0 saturated heterocycles. The zero-order valence-electron chi connectivity index (χ0n) is 43.1. The van der Waals surface area contributed by atoms with Gasteiger partial charge >= 0.3 is 11.9 Å². The minimum Gasteiger partial charge on any atom is -0.464 e. The van der Waals surface area contributed by atoms with Crippen molar-refractivity contribution in [3.63, 3.8) is 0 Å². The van der Waals surface area contributed by atoms with Gasteiger partial charge in [-0.1, -0.05) is 186 Å². The third kappa shape index (κ3) is 46.1. The smallest absolute Gasteiger partial charge is 0.328 e. The van der Waals surface area contributed by atoms with Gasteiger partial charge in [0.05, 0.1) is 6.61 Å². The number of ether oxygens (including phenoxy) is 2. The van der Waals surface area contributed by atoms with E-state index < -0.39 is 12.0 Å². The molecule has 7 heteroatoms. The lowest BCUT2D eigenvalue weighted by Crippen LogP contribution is -2.42. The van der Waals surface area contributed by atoms with Crippen LogP contribution in [0.25, 0.3) is 0 Å². The van der Waals surface area contributed by atoms with Crippen LogP contribution in [0.5, 0.6) is 0 Å². The largest absolute Gasteiger partial charge is 0.464 e. The quantitative estimate of drug-likeness (QED) is 0.0372. The van der Waals surface area contributed by atoms with Crippen molar-refractivity contribution < 1.29 is 23.9 Å². The Bertz CT molecular complexity index is 1120. The molecule has 0 saturated carbocycles. The number of esters is 2. The predicted octanol–water partition coefficient (Wildman–Crippen LogP) is 16.4. The lowest BCUT2D eigenvalue weighted by Gasteiger charge is -2.20. The first-order valence-corrected chi connectivity index (χ1v) is 27.6. The van der Waals surface area contributed by atoms with Crippen LogP contribution < -0.4 is 5.32 Å². The fourth-order valence-corrected chi connectivity index (χ4v) is 8.11. The second-order valence-corrected chi connectivity index (χ2v) is 19.1. The van der Waals surface area contributed by atoms with E-state index >= 15 is 0 Å². The van der Waals surface area contributed by atoms with E-state index in [0.29, 0.717) is 19.4 Å². The van der Waals surface area contributed by atoms with Gasteiger partial charge in [-0.05, 0) is 130 Å². The molecule has 0 aromatic carbocycles. The maximum absolute atomic E-state index is 13.3. The molecule has 1 N–H and O–H groups in total. The van der Waals surface area contributed by atoms with Crippen LogP contribution >= 0.6 is 0 Å². The second-order valence-electron chi connectivity index (χ2n) is 19.1. The minimum atomic E-state index is -0.853. The van der Waals surface area contributed by atoms with Gasteiger partial charge < -0.3 is 19.7 Å². The van der Waals surface area contributed by atoms with Crippen molar-refractivity contribution in [3.05, 3.63) is 36.5 Å². The summed E-state index contributed by atoms with van der Waals surface area (Å²) in [4.78, 5) is 41.5. The standard InChI is InChI=1S/C57H106N2O5/c1-6-9-12-15-18-20-22-24-26-28-30-32-34-37-40-43-47-53(46-42-39-36-17-14-11-8-3)64-56(61)50-49-54(58-55(60)48-45-51-59(4)5)57(62)63-52-44-41-38-35-33-31-29-27-25-23-21-19-16-13-10-7-2/h24-27,36,39,53-54H,6-23,28-35,37-38,40-52H2,1-5H3,(H,58,60)/b26-24-,27-25-,39-36-. The molecule has 0 aromatic rings. The number of amides is 1. The molecular weight excluding hydrogens is 793 g/mol. The number of allylic oxidation sites excluding steroid dienone is 6. The molecule has 0 radical (unpaired) electrons. The highest BCUT2D eigenvalue weighted by molar-refractivity contribution is 5.85. The molecule has 0 fully saturated rings. The van der Waals surface area contributed by atoms with Crippen molar-refractivity contribution in [1.29, 1.82) is 0 Å². The third-order valence-corrected chi connectivity index (χ3v) is 12.3. The van der Waals surface area contributed by atoms with Gasteiger partial charge in [0.2, 0.25) is 5.91 Å². The van der Waals surface area contributed by atoms with Gasteiger partial charge in [0, 0.05) is 12.8 Å². The highest BCUT2D eigenvalue weighted by Crippen LogP contribution is 2.18. The molecule has 7 nitrogen and oxygen atoms in total. The lowest BCUT2D eigenvalue weighted by atomic mass is 10.0. The predicted molar refractivity (Wildman–Crippen MR) is 276 cm³/mol. The number of unbranched alkanes of at least 4 members (excludes halogenated alkanes) is 27. The number of carbonyl (C=O) groups excluding carboxylic acids is 3. The van der Waals surface area contributed by atoms with Gasteiger partial charge in [-0.25, -0.2) is 4.79 Å². The van der Waals surface area contributed by atoms with E-state index in [1.165, 1.54) is 167 Å². The van der Waals surface area contributed by atoms with Crippen molar-refractivity contribution in [2.24, 2.45) is 0 Å². The molecule has 0 spiro atoms. The number of carbonyl (C=O) groups is 3. The van der Waals surface area contributed by atoms with Crippen molar-refractivity contribution in [3.8, 4) is 0 Å². The van der Waals surface area contributed by atoms with Crippen LogP contribution in [0.3, 0.4) is 0 Å². The SMILES string of the molecule is CCCCC/C=C\CCC(CCCCCCCC/C=C\CCCCCCCC)OC(=O)CCC(NC(=O)CCCN(C)C)C(=O)OCCCCCCCC/C=C\CCCCCCCC. The van der Waals surface area contributed by atoms with Crippen LogP contribution in [0, 0.1) is 0 Å². The van der Waals surface area contributed by atoms with Crippen LogP contribution in [0.1, 0.15) is 271 Å². The Kier molecular flexibility index (Phi) is 48.1. The van der Waals surface area contributed by atoms with Gasteiger partial charge in [-0.3, -0.25) is 9.59 Å². The summed E-state index contributed by atoms with van der Waals surface area (Å²) in [6.45, 7) is 7.89. The van der Waals surface area contributed by atoms with Crippen LogP contribution in [0.4, 0.5) is 0 Å². The van der Waals surface area contributed by atoms with Gasteiger partial charge in [0.25, 0.3) is 0 Å². The fourth-order valence-electron chi connectivity index (χ4n) is 8.11. The zero-order chi connectivity index (χ0) is 46.8. The molecule has 2 unspecified atom stereocenters. The van der Waals surface area contributed by atoms with Gasteiger partial charge in [-0.2, -0.15) is 0 Å². The van der Waals surface area contributed by atoms with Crippen LogP contribution in [-0.2, 0) is 23.9 Å². The molecular formula is C57H106N2O5. The topological polar surface area (TPSA) is 84.9 Å². The van der Waals surface area contributed by atoms with Gasteiger partial charge in [-0.15, -0.1) is 0 Å². The Balaban J connectivity index is 4.79. The Morgan fingerprint density at radius 1 is 0.453 bits per heavy atom. The number of hydrogen-bond acceptors (Lipinski definition) is 6. The monoisotopic (exact) mass is 899 g/mol. The summed E-state index contributed by atoms with van der Waals surface area (Å²) in [6, 6.07) is -0.853. The van der Waals surface area contributed by atoms with Crippen molar-refractivity contribution in [2.45, 2.75) is 283 Å². The van der Waals surface area contributed by atoms with E-state index in [1.807, 2.05) is 19.0 Å². The van der Waals surface area contributed by atoms with Crippen molar-refractivity contribution in [2.75, 3.05) is 27.2 Å². The summed E-state index contributed by atoms with van der Waals surface area (Å²) in [5.41, 5.74) is 0. The van der Waals surface area contributed by atoms with Crippen LogP contribution in [0.15, 0.2) is 36.5 Å². The molecule has 2 atom stereocenters. The first kappa shape index (κ1) is 61.6. The molecule has 0 aliphatic carbocycles. The summed E-state index contributed by atoms with van der Waals surface area (Å²) >= 11 is 0. The van der Waals surface area contributed by atoms with E-state index in [4.69, 9.17) is 9.47 Å². The highest BCUT2D eigenvalue weighted by atomic mass is 16.5. The minimum absolute atomic E-state index is 0.0722. The Labute approximate surface area is 397 Å². The van der Waals surface area contributed by atoms with E-state index in [9.17, 15) is 14.4 Å². The number of hydrogen-bond donors (Lipinski definition) is 1. The lowest BCUT2D eigenvalue weighted by molar-refractivity contribution is -0.152. The maximum atomic E-state index is 13.3. The number of rotatable bonds is 49. The third-order valence-electron chi connectivity index (χ3n) is 12.3. The Morgan fingerprint density at radius 3 is 1.34 bits per heavy atom. The summed E-state index contributed by atoms with van der Waals surface area (Å²) < 4.78 is 11.8. The first-order valence-electron chi connectivity index (χ1n) is 27.6. The van der Waals surface area contributed by atoms with E-state index in [2.05, 4.69) is 62.5 Å².